The molecule has 1 saturated heterocycles. The predicted molar refractivity (Wildman–Crippen MR) is 78.1 cm³/mol. The number of aliphatic carboxylic acids is 1. The molecule has 1 amide bonds. The number of anilines is 1. The van der Waals surface area contributed by atoms with Gasteiger partial charge in [-0.15, -0.1) is 11.8 Å². The zero-order chi connectivity index (χ0) is 14.2. The monoisotopic (exact) mass is 344 g/mol. The van der Waals surface area contributed by atoms with E-state index < -0.39 is 12.0 Å². The number of nitrogen functional groups attached to an aromatic ring is 1. The van der Waals surface area contributed by atoms with Crippen LogP contribution < -0.4 is 5.73 Å². The lowest BCUT2D eigenvalue weighted by Crippen LogP contribution is -2.44. The van der Waals surface area contributed by atoms with Crippen LogP contribution in [0.4, 0.5) is 5.69 Å². The van der Waals surface area contributed by atoms with Crippen LogP contribution in [0.5, 0.6) is 0 Å². The maximum Gasteiger partial charge on any atom is 0.327 e. The second-order valence-electron chi connectivity index (χ2n) is 4.24. The molecule has 5 nitrogen and oxygen atoms in total. The molecule has 1 aliphatic heterocycles. The Kier molecular flexibility index (Phi) is 4.05. The van der Waals surface area contributed by atoms with E-state index in [4.69, 9.17) is 10.8 Å². The van der Waals surface area contributed by atoms with E-state index in [1.54, 1.807) is 18.2 Å². The number of carboxylic acid groups (broad SMARTS) is 1. The third-order valence-corrected chi connectivity index (χ3v) is 4.89. The molecule has 0 saturated carbocycles. The number of benzene rings is 1. The maximum absolute atomic E-state index is 12.4. The number of carbonyl (C=O) groups is 2. The van der Waals surface area contributed by atoms with Gasteiger partial charge in [-0.25, -0.2) is 4.79 Å². The topological polar surface area (TPSA) is 83.6 Å². The Morgan fingerprint density at radius 1 is 1.53 bits per heavy atom. The first-order valence-corrected chi connectivity index (χ1v) is 7.48. The van der Waals surface area contributed by atoms with Crippen LogP contribution in [-0.2, 0) is 4.79 Å². The number of rotatable bonds is 2. The average Bonchev–Trinajstić information content (AvgIpc) is 2.74. The summed E-state index contributed by atoms with van der Waals surface area (Å²) in [7, 11) is 0. The van der Waals surface area contributed by atoms with Crippen LogP contribution in [0.2, 0.25) is 0 Å². The molecule has 1 aromatic rings. The van der Waals surface area contributed by atoms with Crippen LogP contribution in [0.25, 0.3) is 0 Å². The Morgan fingerprint density at radius 3 is 2.79 bits per heavy atom. The molecule has 3 N–H and O–H groups in total. The second kappa shape index (κ2) is 5.42. The summed E-state index contributed by atoms with van der Waals surface area (Å²) in [4.78, 5) is 25.0. The Bertz CT molecular complexity index is 538. The molecule has 7 heteroatoms. The van der Waals surface area contributed by atoms with Gasteiger partial charge in [0.25, 0.3) is 5.91 Å². The third kappa shape index (κ3) is 2.71. The highest BCUT2D eigenvalue weighted by Gasteiger charge is 2.39. The minimum atomic E-state index is -0.972. The van der Waals surface area contributed by atoms with E-state index in [0.717, 1.165) is 0 Å². The van der Waals surface area contributed by atoms with Crippen molar-refractivity contribution in [3.05, 3.63) is 28.2 Å². The molecule has 2 atom stereocenters. The number of nitrogens with zero attached hydrogens (tertiary/aromatic N) is 1. The number of hydrogen-bond acceptors (Lipinski definition) is 4. The fourth-order valence-electron chi connectivity index (χ4n) is 1.95. The van der Waals surface area contributed by atoms with E-state index in [2.05, 4.69) is 15.9 Å². The van der Waals surface area contributed by atoms with Crippen LogP contribution in [0.15, 0.2) is 22.7 Å². The molecule has 19 heavy (non-hydrogen) atoms. The lowest BCUT2D eigenvalue weighted by atomic mass is 10.1. The Hall–Kier alpha value is -1.21. The van der Waals surface area contributed by atoms with E-state index in [1.807, 2.05) is 6.92 Å². The number of halogens is 1. The van der Waals surface area contributed by atoms with Gasteiger partial charge in [-0.1, -0.05) is 0 Å². The number of nitrogens with two attached hydrogens (primary N) is 1. The van der Waals surface area contributed by atoms with E-state index in [-0.39, 0.29) is 11.3 Å². The van der Waals surface area contributed by atoms with Crippen LogP contribution in [0.1, 0.15) is 17.3 Å². The summed E-state index contributed by atoms with van der Waals surface area (Å²) >= 11 is 4.72. The van der Waals surface area contributed by atoms with Crippen molar-refractivity contribution in [3.63, 3.8) is 0 Å². The molecule has 2 unspecified atom stereocenters. The van der Waals surface area contributed by atoms with E-state index >= 15 is 0 Å². The minimum absolute atomic E-state index is 0.148. The van der Waals surface area contributed by atoms with Gasteiger partial charge in [0.15, 0.2) is 0 Å². The molecular weight excluding hydrogens is 332 g/mol. The smallest absolute Gasteiger partial charge is 0.327 e. The van der Waals surface area contributed by atoms with Gasteiger partial charge < -0.3 is 15.7 Å². The molecule has 0 spiro atoms. The molecule has 1 aromatic carbocycles. The third-order valence-electron chi connectivity index (χ3n) is 2.99. The van der Waals surface area contributed by atoms with Crippen LogP contribution in [0.3, 0.4) is 0 Å². The van der Waals surface area contributed by atoms with Gasteiger partial charge in [-0.05, 0) is 41.1 Å². The summed E-state index contributed by atoms with van der Waals surface area (Å²) in [5, 5.41) is 9.01. The molecule has 1 heterocycles. The van der Waals surface area contributed by atoms with Gasteiger partial charge in [-0.3, -0.25) is 4.79 Å². The van der Waals surface area contributed by atoms with Crippen LogP contribution in [0, 0.1) is 0 Å². The lowest BCUT2D eigenvalue weighted by molar-refractivity contribution is -0.141. The second-order valence-corrected chi connectivity index (χ2v) is 6.44. The zero-order valence-electron chi connectivity index (χ0n) is 10.2. The van der Waals surface area contributed by atoms with Crippen LogP contribution in [-0.4, -0.2) is 39.1 Å². The first-order valence-electron chi connectivity index (χ1n) is 5.64. The van der Waals surface area contributed by atoms with Gasteiger partial charge in [-0.2, -0.15) is 0 Å². The molecule has 0 radical (unpaired) electrons. The van der Waals surface area contributed by atoms with E-state index in [0.29, 0.717) is 21.5 Å². The summed E-state index contributed by atoms with van der Waals surface area (Å²) in [6.07, 6.45) is 0. The summed E-state index contributed by atoms with van der Waals surface area (Å²) in [5.74, 6) is -0.844. The maximum atomic E-state index is 12.4. The van der Waals surface area contributed by atoms with Crippen molar-refractivity contribution in [3.8, 4) is 0 Å². The highest BCUT2D eigenvalue weighted by molar-refractivity contribution is 9.10. The minimum Gasteiger partial charge on any atom is -0.480 e. The Balaban J connectivity index is 2.31. The van der Waals surface area contributed by atoms with Gasteiger partial charge in [0.05, 0.1) is 5.37 Å². The van der Waals surface area contributed by atoms with Crippen LogP contribution >= 0.6 is 27.7 Å². The largest absolute Gasteiger partial charge is 0.480 e. The van der Waals surface area contributed by atoms with Crippen molar-refractivity contribution < 1.29 is 14.7 Å². The lowest BCUT2D eigenvalue weighted by Gasteiger charge is -2.25. The molecule has 2 rings (SSSR count). The number of amides is 1. The fourth-order valence-corrected chi connectivity index (χ4v) is 3.50. The van der Waals surface area contributed by atoms with Crippen molar-refractivity contribution in [2.45, 2.75) is 18.3 Å². The van der Waals surface area contributed by atoms with Crippen molar-refractivity contribution in [2.24, 2.45) is 0 Å². The molecule has 0 aliphatic carbocycles. The first-order chi connectivity index (χ1) is 8.91. The zero-order valence-corrected chi connectivity index (χ0v) is 12.6. The molecular formula is C12H13BrN2O3S. The number of thioether (sulfide) groups is 1. The highest BCUT2D eigenvalue weighted by atomic mass is 79.9. The van der Waals surface area contributed by atoms with E-state index in [9.17, 15) is 9.59 Å². The normalized spacial score (nSPS) is 22.5. The quantitative estimate of drug-likeness (QED) is 0.802. The number of carbonyl (C=O) groups excluding carboxylic acids is 1. The van der Waals surface area contributed by atoms with Crippen molar-refractivity contribution in [1.82, 2.24) is 4.90 Å². The summed E-state index contributed by atoms with van der Waals surface area (Å²) in [6, 6.07) is 4.08. The summed E-state index contributed by atoms with van der Waals surface area (Å²) in [5.41, 5.74) is 6.64. The highest BCUT2D eigenvalue weighted by Crippen LogP contribution is 2.31. The standard InChI is InChI=1S/C12H13BrN2O3S/c1-6-15(10(5-19-6)12(17)18)11(16)7-2-3-9(14)8(13)4-7/h2-4,6,10H,5,14H2,1H3,(H,17,18). The van der Waals surface area contributed by atoms with Gasteiger partial charge in [0.2, 0.25) is 0 Å². The van der Waals surface area contributed by atoms with Gasteiger partial charge >= 0.3 is 5.97 Å². The predicted octanol–water partition coefficient (Wildman–Crippen LogP) is 2.02. The summed E-state index contributed by atoms with van der Waals surface area (Å²) < 4.78 is 0.629. The van der Waals surface area contributed by atoms with Gasteiger partial charge in [0, 0.05) is 21.5 Å². The average molecular weight is 345 g/mol. The molecule has 1 aliphatic rings. The molecule has 1 fully saturated rings. The molecule has 0 bridgehead atoms. The SMILES string of the molecule is CC1SCC(C(=O)O)N1C(=O)c1ccc(N)c(Br)c1. The van der Waals surface area contributed by atoms with Crippen molar-refractivity contribution in [2.75, 3.05) is 11.5 Å². The van der Waals surface area contributed by atoms with Gasteiger partial charge in [0.1, 0.15) is 6.04 Å². The fraction of sp³-hybridized carbons (Fsp3) is 0.333. The number of hydrogen-bond donors (Lipinski definition) is 2. The number of carboxylic acids is 1. The van der Waals surface area contributed by atoms with Crippen molar-refractivity contribution in [1.29, 1.82) is 0 Å². The molecule has 0 aromatic heterocycles. The summed E-state index contributed by atoms with van der Waals surface area (Å²) in [6.45, 7) is 1.83. The Morgan fingerprint density at radius 2 is 2.21 bits per heavy atom. The van der Waals surface area contributed by atoms with E-state index in [1.165, 1.54) is 16.7 Å². The molecule has 102 valence electrons. The van der Waals surface area contributed by atoms with Crippen molar-refractivity contribution >= 4 is 45.3 Å². The first kappa shape index (κ1) is 14.2. The Labute approximate surface area is 123 Å².